The average Bonchev–Trinajstić information content (AvgIpc) is 3.71. The smallest absolute Gasteiger partial charge is 0.192 e. The summed E-state index contributed by atoms with van der Waals surface area (Å²) < 4.78 is 32.9. The number of methoxy groups -OCH3 is 3. The lowest BCUT2D eigenvalue weighted by Crippen LogP contribution is -2.49. The van der Waals surface area contributed by atoms with Crippen LogP contribution in [0.4, 0.5) is 5.82 Å². The molecule has 10 nitrogen and oxygen atoms in total. The molecular formula is C39H49N5O5Si. The number of hydrogen-bond donors (Lipinski definition) is 1. The fraction of sp³-hybridized carbons (Fsp3) is 0.410. The Bertz CT molecular complexity index is 1830. The Balaban J connectivity index is 1.51. The Labute approximate surface area is 296 Å². The monoisotopic (exact) mass is 695 g/mol. The molecule has 0 amide bonds. The van der Waals surface area contributed by atoms with Crippen LogP contribution in [-0.2, 0) is 19.4 Å². The number of benzene rings is 3. The van der Waals surface area contributed by atoms with E-state index in [-0.39, 0.29) is 23.4 Å². The summed E-state index contributed by atoms with van der Waals surface area (Å²) in [6.45, 7) is 13.4. The van der Waals surface area contributed by atoms with Gasteiger partial charge in [-0.05, 0) is 65.5 Å². The van der Waals surface area contributed by atoms with Crippen molar-refractivity contribution in [3.05, 3.63) is 108 Å². The Morgan fingerprint density at radius 3 is 1.88 bits per heavy atom. The lowest BCUT2D eigenvalue weighted by Gasteiger charge is -2.40. The standard InChI is InChI=1S/C39H49N5O5Si/c1-10-31-33(47-7)34(49-50(8,9)38(2,3)4)37(48-31)44-25-42-32-35(40-24-41-36(32)44)43-39(26-14-12-11-13-15-26,27-16-20-29(45-5)21-17-27)28-18-22-30(46-6)23-19-28/h11-25,31,33-34,37H,10H2,1-9H3,(H,40,41,43)/t31-,33-,34-,37-/m1/s1. The highest BCUT2D eigenvalue weighted by atomic mass is 28.4. The number of nitrogens with one attached hydrogen (secondary N) is 1. The van der Waals surface area contributed by atoms with E-state index in [0.717, 1.165) is 34.6 Å². The zero-order valence-corrected chi connectivity index (χ0v) is 31.5. The third-order valence-electron chi connectivity index (χ3n) is 10.4. The zero-order valence-electron chi connectivity index (χ0n) is 30.5. The van der Waals surface area contributed by atoms with Crippen molar-refractivity contribution >= 4 is 25.3 Å². The Kier molecular flexibility index (Phi) is 10.1. The first kappa shape index (κ1) is 35.5. The van der Waals surface area contributed by atoms with E-state index in [4.69, 9.17) is 38.3 Å². The van der Waals surface area contributed by atoms with Gasteiger partial charge in [0.15, 0.2) is 31.5 Å². The van der Waals surface area contributed by atoms with Gasteiger partial charge in [0.1, 0.15) is 35.6 Å². The quantitative estimate of drug-likeness (QED) is 0.103. The van der Waals surface area contributed by atoms with Crippen molar-refractivity contribution in [2.24, 2.45) is 0 Å². The molecule has 50 heavy (non-hydrogen) atoms. The van der Waals surface area contributed by atoms with Crippen molar-refractivity contribution in [2.75, 3.05) is 26.6 Å². The van der Waals surface area contributed by atoms with Crippen molar-refractivity contribution in [3.63, 3.8) is 0 Å². The number of fused-ring (bicyclic) bond motifs is 1. The second-order valence-electron chi connectivity index (χ2n) is 14.3. The molecule has 0 spiro atoms. The minimum absolute atomic E-state index is 0.0000890. The molecule has 0 aliphatic carbocycles. The number of aromatic nitrogens is 4. The van der Waals surface area contributed by atoms with Gasteiger partial charge in [-0.1, -0.05) is 82.3 Å². The molecule has 5 aromatic rings. The summed E-state index contributed by atoms with van der Waals surface area (Å²) in [6.07, 6.45) is 2.91. The highest BCUT2D eigenvalue weighted by Gasteiger charge is 2.51. The second-order valence-corrected chi connectivity index (χ2v) is 19.0. The average molecular weight is 696 g/mol. The van der Waals surface area contributed by atoms with Crippen LogP contribution in [0.1, 0.15) is 57.0 Å². The van der Waals surface area contributed by atoms with E-state index in [2.05, 4.69) is 82.5 Å². The van der Waals surface area contributed by atoms with Gasteiger partial charge in [-0.2, -0.15) is 0 Å². The van der Waals surface area contributed by atoms with E-state index >= 15 is 0 Å². The molecule has 0 radical (unpaired) electrons. The zero-order chi connectivity index (χ0) is 35.7. The van der Waals surface area contributed by atoms with Crippen LogP contribution in [0.5, 0.6) is 11.5 Å². The highest BCUT2D eigenvalue weighted by molar-refractivity contribution is 6.74. The van der Waals surface area contributed by atoms with Crippen molar-refractivity contribution < 1.29 is 23.4 Å². The molecule has 6 rings (SSSR count). The molecule has 2 aromatic heterocycles. The van der Waals surface area contributed by atoms with Crippen molar-refractivity contribution in [1.82, 2.24) is 19.5 Å². The van der Waals surface area contributed by atoms with Gasteiger partial charge in [-0.25, -0.2) is 15.0 Å². The normalized spacial score (nSPS) is 19.9. The third-order valence-corrected chi connectivity index (χ3v) is 14.9. The predicted molar refractivity (Wildman–Crippen MR) is 198 cm³/mol. The van der Waals surface area contributed by atoms with Gasteiger partial charge in [0.05, 0.1) is 26.7 Å². The summed E-state index contributed by atoms with van der Waals surface area (Å²) in [5.41, 5.74) is 3.33. The predicted octanol–water partition coefficient (Wildman–Crippen LogP) is 7.96. The van der Waals surface area contributed by atoms with E-state index in [9.17, 15) is 0 Å². The number of rotatable bonds is 12. The molecule has 11 heteroatoms. The van der Waals surface area contributed by atoms with Gasteiger partial charge in [-0.15, -0.1) is 0 Å². The summed E-state index contributed by atoms with van der Waals surface area (Å²) >= 11 is 0. The number of nitrogens with zero attached hydrogens (tertiary/aromatic N) is 4. The Hall–Kier alpha value is -4.29. The van der Waals surface area contributed by atoms with Crippen molar-refractivity contribution in [3.8, 4) is 11.5 Å². The van der Waals surface area contributed by atoms with E-state index in [0.29, 0.717) is 17.0 Å². The topological polar surface area (TPSA) is 102 Å². The fourth-order valence-electron chi connectivity index (χ4n) is 6.58. The van der Waals surface area contributed by atoms with Gasteiger partial charge in [0, 0.05) is 7.11 Å². The van der Waals surface area contributed by atoms with Crippen LogP contribution >= 0.6 is 0 Å². The molecule has 3 heterocycles. The molecule has 264 valence electrons. The van der Waals surface area contributed by atoms with Crippen LogP contribution in [0.2, 0.25) is 18.1 Å². The molecule has 0 bridgehead atoms. The van der Waals surface area contributed by atoms with E-state index < -0.39 is 20.1 Å². The van der Waals surface area contributed by atoms with Gasteiger partial charge < -0.3 is 28.7 Å². The third kappa shape index (κ3) is 6.39. The minimum atomic E-state index is -2.22. The van der Waals surface area contributed by atoms with Crippen LogP contribution < -0.4 is 14.8 Å². The number of hydrogen-bond acceptors (Lipinski definition) is 9. The Morgan fingerprint density at radius 2 is 1.36 bits per heavy atom. The van der Waals surface area contributed by atoms with Crippen LogP contribution in [0, 0.1) is 0 Å². The van der Waals surface area contributed by atoms with Gasteiger partial charge >= 0.3 is 0 Å². The summed E-state index contributed by atoms with van der Waals surface area (Å²) in [6, 6.07) is 26.5. The van der Waals surface area contributed by atoms with Crippen molar-refractivity contribution in [1.29, 1.82) is 0 Å². The maximum absolute atomic E-state index is 7.07. The molecule has 0 saturated carbocycles. The minimum Gasteiger partial charge on any atom is -0.497 e. The molecule has 1 aliphatic heterocycles. The first-order chi connectivity index (χ1) is 24.0. The summed E-state index contributed by atoms with van der Waals surface area (Å²) in [4.78, 5) is 14.5. The Morgan fingerprint density at radius 1 is 0.780 bits per heavy atom. The SMILES string of the molecule is CC[C@H]1O[C@@H](n2cnc3c(NC(c4ccccc4)(c4ccc(OC)cc4)c4ccc(OC)cc4)ncnc32)[C@H](O[Si](C)(C)C(C)(C)C)[C@@H]1OC. The van der Waals surface area contributed by atoms with Crippen LogP contribution in [0.15, 0.2) is 91.5 Å². The van der Waals surface area contributed by atoms with Crippen LogP contribution in [0.3, 0.4) is 0 Å². The molecule has 1 N–H and O–H groups in total. The van der Waals surface area contributed by atoms with Gasteiger partial charge in [-0.3, -0.25) is 4.57 Å². The number of anilines is 1. The van der Waals surface area contributed by atoms with Crippen LogP contribution in [0.25, 0.3) is 11.2 Å². The van der Waals surface area contributed by atoms with Crippen LogP contribution in [-0.4, -0.2) is 67.5 Å². The largest absolute Gasteiger partial charge is 0.497 e. The van der Waals surface area contributed by atoms with E-state index in [1.54, 1.807) is 34.0 Å². The highest BCUT2D eigenvalue weighted by Crippen LogP contribution is 2.45. The second kappa shape index (κ2) is 14.1. The number of ether oxygens (including phenoxy) is 4. The molecule has 1 fully saturated rings. The summed E-state index contributed by atoms with van der Waals surface area (Å²) in [5.74, 6) is 2.10. The molecule has 1 aliphatic rings. The molecule has 3 aromatic carbocycles. The first-order valence-electron chi connectivity index (χ1n) is 17.1. The lowest BCUT2D eigenvalue weighted by molar-refractivity contribution is -0.0332. The van der Waals surface area contributed by atoms with Gasteiger partial charge in [0.2, 0.25) is 0 Å². The maximum Gasteiger partial charge on any atom is 0.192 e. The molecular weight excluding hydrogens is 647 g/mol. The molecule has 0 unspecified atom stereocenters. The fourth-order valence-corrected chi connectivity index (χ4v) is 7.87. The summed E-state index contributed by atoms with van der Waals surface area (Å²) in [7, 11) is 2.86. The van der Waals surface area contributed by atoms with Gasteiger partial charge in [0.25, 0.3) is 0 Å². The maximum atomic E-state index is 7.07. The lowest BCUT2D eigenvalue weighted by atomic mass is 9.77. The first-order valence-corrected chi connectivity index (χ1v) is 20.0. The van der Waals surface area contributed by atoms with Crippen molar-refractivity contribution in [2.45, 2.75) is 82.3 Å². The number of imidazole rings is 1. The van der Waals surface area contributed by atoms with E-state index in [1.165, 1.54) is 0 Å². The summed E-state index contributed by atoms with van der Waals surface area (Å²) in [5, 5.41) is 3.87. The van der Waals surface area contributed by atoms with E-state index in [1.807, 2.05) is 47.0 Å². The molecule has 1 saturated heterocycles. The molecule has 4 atom stereocenters.